The molecule has 0 spiro atoms. The van der Waals surface area contributed by atoms with Gasteiger partial charge in [-0.2, -0.15) is 0 Å². The van der Waals surface area contributed by atoms with E-state index in [9.17, 15) is 14.4 Å². The predicted molar refractivity (Wildman–Crippen MR) is 129 cm³/mol. The van der Waals surface area contributed by atoms with E-state index < -0.39 is 5.92 Å². The third-order valence-corrected chi connectivity index (χ3v) is 5.74. The number of aryl methyl sites for hydroxylation is 2. The average Bonchev–Trinajstić information content (AvgIpc) is 3.19. The highest BCUT2D eigenvalue weighted by molar-refractivity contribution is 6.06. The van der Waals surface area contributed by atoms with Crippen molar-refractivity contribution in [1.29, 1.82) is 0 Å². The molecule has 6 nitrogen and oxygen atoms in total. The quantitative estimate of drug-likeness (QED) is 0.601. The molecule has 0 aliphatic carbocycles. The van der Waals surface area contributed by atoms with Gasteiger partial charge in [-0.3, -0.25) is 14.4 Å². The highest BCUT2D eigenvalue weighted by Crippen LogP contribution is 2.26. The molecule has 1 atom stereocenters. The van der Waals surface area contributed by atoms with Crippen LogP contribution in [-0.2, 0) is 16.1 Å². The maximum atomic E-state index is 12.7. The second-order valence-electron chi connectivity index (χ2n) is 8.49. The monoisotopic (exact) mass is 441 g/mol. The fraction of sp³-hybridized carbons (Fsp3) is 0.222. The maximum absolute atomic E-state index is 12.7. The van der Waals surface area contributed by atoms with Crippen LogP contribution in [0.5, 0.6) is 0 Å². The van der Waals surface area contributed by atoms with Crippen molar-refractivity contribution in [2.75, 3.05) is 16.8 Å². The van der Waals surface area contributed by atoms with E-state index in [4.69, 9.17) is 0 Å². The molecule has 1 aliphatic heterocycles. The van der Waals surface area contributed by atoms with Crippen LogP contribution in [0.3, 0.4) is 0 Å². The summed E-state index contributed by atoms with van der Waals surface area (Å²) < 4.78 is 0. The van der Waals surface area contributed by atoms with Gasteiger partial charge in [-0.15, -0.1) is 0 Å². The molecule has 1 saturated heterocycles. The summed E-state index contributed by atoms with van der Waals surface area (Å²) in [6, 6.07) is 22.5. The zero-order valence-electron chi connectivity index (χ0n) is 18.8. The second-order valence-corrected chi connectivity index (χ2v) is 8.49. The third kappa shape index (κ3) is 5.47. The minimum absolute atomic E-state index is 0.123. The van der Waals surface area contributed by atoms with E-state index in [2.05, 4.69) is 10.6 Å². The van der Waals surface area contributed by atoms with E-state index in [1.54, 1.807) is 29.2 Å². The molecule has 1 aliphatic rings. The molecule has 0 saturated carbocycles. The fourth-order valence-electron chi connectivity index (χ4n) is 4.03. The fourth-order valence-corrected chi connectivity index (χ4v) is 4.03. The highest BCUT2D eigenvalue weighted by Gasteiger charge is 2.35. The van der Waals surface area contributed by atoms with E-state index in [0.717, 1.165) is 16.7 Å². The Morgan fingerprint density at radius 1 is 0.939 bits per heavy atom. The van der Waals surface area contributed by atoms with E-state index in [0.29, 0.717) is 30.0 Å². The van der Waals surface area contributed by atoms with Crippen molar-refractivity contribution in [3.05, 3.63) is 95.1 Å². The first-order valence-electron chi connectivity index (χ1n) is 11.0. The highest BCUT2D eigenvalue weighted by atomic mass is 16.2. The minimum atomic E-state index is -0.424. The van der Waals surface area contributed by atoms with Crippen LogP contribution >= 0.6 is 0 Å². The molecule has 0 bridgehead atoms. The third-order valence-electron chi connectivity index (χ3n) is 5.74. The number of nitrogens with one attached hydrogen (secondary N) is 2. The zero-order valence-corrected chi connectivity index (χ0v) is 18.8. The Kier molecular flexibility index (Phi) is 6.54. The van der Waals surface area contributed by atoms with E-state index >= 15 is 0 Å². The normalized spacial score (nSPS) is 15.4. The number of carbonyl (C=O) groups is 3. The van der Waals surface area contributed by atoms with Crippen molar-refractivity contribution in [3.8, 4) is 0 Å². The standard InChI is InChI=1S/C27H27N3O3/c1-18-6-3-8-20(12-18)16-28-26(32)22-15-25(31)30(17-22)24-11-5-9-21(14-24)27(33)29-23-10-4-7-19(2)13-23/h3-14,22H,15-17H2,1-2H3,(H,28,32)(H,29,33)/t22-/m0/s1. The van der Waals surface area contributed by atoms with Crippen LogP contribution in [0.4, 0.5) is 11.4 Å². The first-order valence-corrected chi connectivity index (χ1v) is 11.0. The Bertz CT molecular complexity index is 1200. The lowest BCUT2D eigenvalue weighted by Crippen LogP contribution is -2.32. The maximum Gasteiger partial charge on any atom is 0.255 e. The number of carbonyl (C=O) groups excluding carboxylic acids is 3. The Morgan fingerprint density at radius 2 is 1.67 bits per heavy atom. The van der Waals surface area contributed by atoms with Gasteiger partial charge >= 0.3 is 0 Å². The molecule has 2 N–H and O–H groups in total. The van der Waals surface area contributed by atoms with Crippen LogP contribution in [0.15, 0.2) is 72.8 Å². The first-order chi connectivity index (χ1) is 15.9. The molecule has 168 valence electrons. The molecule has 3 amide bonds. The SMILES string of the molecule is Cc1cccc(CNC(=O)[C@H]2CC(=O)N(c3cccc(C(=O)Nc4cccc(C)c4)c3)C2)c1. The van der Waals surface area contributed by atoms with Crippen molar-refractivity contribution in [3.63, 3.8) is 0 Å². The Hall–Kier alpha value is -3.93. The van der Waals surface area contributed by atoms with Crippen LogP contribution in [0.25, 0.3) is 0 Å². The average molecular weight is 442 g/mol. The van der Waals surface area contributed by atoms with Gasteiger partial charge in [0.1, 0.15) is 0 Å². The van der Waals surface area contributed by atoms with Gasteiger partial charge in [-0.05, 0) is 55.3 Å². The van der Waals surface area contributed by atoms with Gasteiger partial charge in [0.05, 0.1) is 5.92 Å². The zero-order chi connectivity index (χ0) is 23.4. The van der Waals surface area contributed by atoms with Crippen LogP contribution in [0.1, 0.15) is 33.5 Å². The summed E-state index contributed by atoms with van der Waals surface area (Å²) in [4.78, 5) is 39.6. The molecule has 1 heterocycles. The summed E-state index contributed by atoms with van der Waals surface area (Å²) in [5.74, 6) is -0.934. The van der Waals surface area contributed by atoms with Gasteiger partial charge in [-0.25, -0.2) is 0 Å². The lowest BCUT2D eigenvalue weighted by molar-refractivity contribution is -0.126. The van der Waals surface area contributed by atoms with E-state index in [1.807, 2.05) is 62.4 Å². The second kappa shape index (κ2) is 9.69. The molecular weight excluding hydrogens is 414 g/mol. The van der Waals surface area contributed by atoms with Crippen molar-refractivity contribution >= 4 is 29.1 Å². The molecule has 0 aromatic heterocycles. The van der Waals surface area contributed by atoms with Crippen LogP contribution in [0, 0.1) is 19.8 Å². The van der Waals surface area contributed by atoms with Crippen LogP contribution in [0.2, 0.25) is 0 Å². The summed E-state index contributed by atoms with van der Waals surface area (Å²) in [7, 11) is 0. The van der Waals surface area contributed by atoms with Gasteiger partial charge < -0.3 is 15.5 Å². The lowest BCUT2D eigenvalue weighted by Gasteiger charge is -2.18. The van der Waals surface area contributed by atoms with Gasteiger partial charge in [0.2, 0.25) is 11.8 Å². The van der Waals surface area contributed by atoms with Gasteiger partial charge in [-0.1, -0.05) is 48.0 Å². The number of amides is 3. The number of rotatable bonds is 6. The van der Waals surface area contributed by atoms with Gasteiger partial charge in [0.15, 0.2) is 0 Å². The van der Waals surface area contributed by atoms with Gasteiger partial charge in [0.25, 0.3) is 5.91 Å². The largest absolute Gasteiger partial charge is 0.352 e. The Labute approximate surface area is 193 Å². The number of benzene rings is 3. The molecule has 0 unspecified atom stereocenters. The molecule has 3 aromatic carbocycles. The molecule has 33 heavy (non-hydrogen) atoms. The molecule has 6 heteroatoms. The number of hydrogen-bond acceptors (Lipinski definition) is 3. The van der Waals surface area contributed by atoms with Crippen molar-refractivity contribution in [1.82, 2.24) is 5.32 Å². The molecule has 1 fully saturated rings. The predicted octanol–water partition coefficient (Wildman–Crippen LogP) is 4.23. The Morgan fingerprint density at radius 3 is 2.42 bits per heavy atom. The summed E-state index contributed by atoms with van der Waals surface area (Å²) in [5.41, 5.74) is 5.00. The summed E-state index contributed by atoms with van der Waals surface area (Å²) in [5, 5.41) is 5.82. The van der Waals surface area contributed by atoms with Crippen molar-refractivity contribution in [2.24, 2.45) is 5.92 Å². The van der Waals surface area contributed by atoms with Crippen LogP contribution in [-0.4, -0.2) is 24.3 Å². The van der Waals surface area contributed by atoms with E-state index in [-0.39, 0.29) is 24.1 Å². The smallest absolute Gasteiger partial charge is 0.255 e. The van der Waals surface area contributed by atoms with Gasteiger partial charge in [0, 0.05) is 36.4 Å². The van der Waals surface area contributed by atoms with Crippen LogP contribution < -0.4 is 15.5 Å². The summed E-state index contributed by atoms with van der Waals surface area (Å²) >= 11 is 0. The minimum Gasteiger partial charge on any atom is -0.352 e. The lowest BCUT2D eigenvalue weighted by atomic mass is 10.1. The summed E-state index contributed by atoms with van der Waals surface area (Å²) in [6.07, 6.45) is 0.152. The molecule has 4 rings (SSSR count). The van der Waals surface area contributed by atoms with Crippen molar-refractivity contribution in [2.45, 2.75) is 26.8 Å². The molecular formula is C27H27N3O3. The topological polar surface area (TPSA) is 78.5 Å². The number of hydrogen-bond donors (Lipinski definition) is 2. The van der Waals surface area contributed by atoms with E-state index in [1.165, 1.54) is 0 Å². The summed E-state index contributed by atoms with van der Waals surface area (Å²) in [6.45, 7) is 4.69. The first kappa shape index (κ1) is 22.3. The number of nitrogens with zero attached hydrogens (tertiary/aromatic N) is 1. The number of anilines is 2. The molecule has 3 aromatic rings. The molecule has 0 radical (unpaired) electrons. The van der Waals surface area contributed by atoms with Crippen molar-refractivity contribution < 1.29 is 14.4 Å². The Balaban J connectivity index is 1.40.